The zero-order valence-corrected chi connectivity index (χ0v) is 23.7. The zero-order chi connectivity index (χ0) is 28.9. The maximum Gasteiger partial charge on any atom is 0.177 e. The summed E-state index contributed by atoms with van der Waals surface area (Å²) in [4.78, 5) is 0. The lowest BCUT2D eigenvalue weighted by Gasteiger charge is -2.32. The number of rotatable bonds is 0. The fourth-order valence-electron chi connectivity index (χ4n) is 6.52. The summed E-state index contributed by atoms with van der Waals surface area (Å²) in [6, 6.07) is 36.1. The Hall–Kier alpha value is -4.86. The van der Waals surface area contributed by atoms with E-state index in [-0.39, 0.29) is 0 Å². The van der Waals surface area contributed by atoms with Gasteiger partial charge < -0.3 is 10.2 Å². The Balaban J connectivity index is 1.33. The average Bonchev–Trinajstić information content (AvgIpc) is 3.01. The molecule has 2 aliphatic carbocycles. The first-order chi connectivity index (χ1) is 20.4. The SMILES string of the molecule is Cc1cc(C)c(C#CC2(O)c3ccccc3Cc3ccccc32)cc1C#CC1(O)c2ccccc2Cc2ccccc21. The Morgan fingerprint density at radius 1 is 0.476 bits per heavy atom. The third kappa shape index (κ3) is 4.17. The molecular formula is C40H30O2. The van der Waals surface area contributed by atoms with Gasteiger partial charge in [0.05, 0.1) is 0 Å². The summed E-state index contributed by atoms with van der Waals surface area (Å²) >= 11 is 0. The molecule has 5 aromatic carbocycles. The van der Waals surface area contributed by atoms with Crippen molar-refractivity contribution in [2.24, 2.45) is 0 Å². The normalized spacial score (nSPS) is 15.0. The van der Waals surface area contributed by atoms with Crippen molar-refractivity contribution < 1.29 is 10.2 Å². The van der Waals surface area contributed by atoms with Crippen molar-refractivity contribution in [1.29, 1.82) is 0 Å². The van der Waals surface area contributed by atoms with E-state index in [9.17, 15) is 10.2 Å². The van der Waals surface area contributed by atoms with E-state index in [4.69, 9.17) is 0 Å². The van der Waals surface area contributed by atoms with Crippen LogP contribution in [0.2, 0.25) is 0 Å². The first-order valence-electron chi connectivity index (χ1n) is 14.3. The molecular weight excluding hydrogens is 512 g/mol. The summed E-state index contributed by atoms with van der Waals surface area (Å²) in [5, 5.41) is 24.2. The molecule has 202 valence electrons. The first-order valence-corrected chi connectivity index (χ1v) is 14.3. The Morgan fingerprint density at radius 2 is 0.786 bits per heavy atom. The minimum Gasteiger partial charge on any atom is -0.369 e. The first kappa shape index (κ1) is 26.1. The molecule has 0 bridgehead atoms. The molecule has 0 radical (unpaired) electrons. The fraction of sp³-hybridized carbons (Fsp3) is 0.150. The van der Waals surface area contributed by atoms with Crippen molar-refractivity contribution >= 4 is 0 Å². The van der Waals surface area contributed by atoms with Crippen molar-refractivity contribution in [1.82, 2.24) is 0 Å². The van der Waals surface area contributed by atoms with Crippen LogP contribution in [0.25, 0.3) is 0 Å². The summed E-state index contributed by atoms with van der Waals surface area (Å²) in [5.74, 6) is 13.2. The topological polar surface area (TPSA) is 40.5 Å². The fourth-order valence-corrected chi connectivity index (χ4v) is 6.52. The third-order valence-electron chi connectivity index (χ3n) is 8.72. The van der Waals surface area contributed by atoms with Crippen molar-refractivity contribution in [3.8, 4) is 23.7 Å². The van der Waals surface area contributed by atoms with Crippen LogP contribution < -0.4 is 0 Å². The summed E-state index contributed by atoms with van der Waals surface area (Å²) < 4.78 is 0. The average molecular weight is 543 g/mol. The molecule has 42 heavy (non-hydrogen) atoms. The van der Waals surface area contributed by atoms with Gasteiger partial charge in [0.1, 0.15) is 0 Å². The number of benzene rings is 5. The third-order valence-corrected chi connectivity index (χ3v) is 8.72. The molecule has 0 aliphatic heterocycles. The number of aryl methyl sites for hydroxylation is 2. The highest BCUT2D eigenvalue weighted by molar-refractivity contribution is 5.61. The highest BCUT2D eigenvalue weighted by atomic mass is 16.3. The van der Waals surface area contributed by atoms with E-state index >= 15 is 0 Å². The van der Waals surface area contributed by atoms with Crippen molar-refractivity contribution in [2.45, 2.75) is 37.9 Å². The predicted octanol–water partition coefficient (Wildman–Crippen LogP) is 6.69. The molecule has 2 nitrogen and oxygen atoms in total. The van der Waals surface area contributed by atoms with E-state index in [0.717, 1.165) is 79.6 Å². The van der Waals surface area contributed by atoms with E-state index in [2.05, 4.69) is 54.0 Å². The van der Waals surface area contributed by atoms with Gasteiger partial charge >= 0.3 is 0 Å². The van der Waals surface area contributed by atoms with Crippen LogP contribution in [0.1, 0.15) is 66.8 Å². The van der Waals surface area contributed by atoms with Gasteiger partial charge in [-0.25, -0.2) is 0 Å². The number of fused-ring (bicyclic) bond motifs is 4. The van der Waals surface area contributed by atoms with Gasteiger partial charge in [-0.15, -0.1) is 0 Å². The molecule has 0 amide bonds. The second-order valence-corrected chi connectivity index (χ2v) is 11.4. The minimum absolute atomic E-state index is 0.773. The predicted molar refractivity (Wildman–Crippen MR) is 167 cm³/mol. The highest BCUT2D eigenvalue weighted by Crippen LogP contribution is 2.41. The van der Waals surface area contributed by atoms with E-state index < -0.39 is 11.2 Å². The monoisotopic (exact) mass is 542 g/mol. The maximum absolute atomic E-state index is 12.1. The molecule has 2 heteroatoms. The summed E-state index contributed by atoms with van der Waals surface area (Å²) in [6.45, 7) is 4.06. The molecule has 0 heterocycles. The second-order valence-electron chi connectivity index (χ2n) is 11.4. The van der Waals surface area contributed by atoms with Crippen molar-refractivity contribution in [3.63, 3.8) is 0 Å². The molecule has 5 aromatic rings. The van der Waals surface area contributed by atoms with Crippen LogP contribution in [0.4, 0.5) is 0 Å². The van der Waals surface area contributed by atoms with Crippen LogP contribution in [0.5, 0.6) is 0 Å². The van der Waals surface area contributed by atoms with Crippen molar-refractivity contribution in [2.75, 3.05) is 0 Å². The molecule has 0 aromatic heterocycles. The van der Waals surface area contributed by atoms with Crippen molar-refractivity contribution in [3.05, 3.63) is 176 Å². The Bertz CT molecular complexity index is 1770. The van der Waals surface area contributed by atoms with Gasteiger partial charge in [-0.05, 0) is 66.1 Å². The molecule has 0 fully saturated rings. The Morgan fingerprint density at radius 3 is 1.12 bits per heavy atom. The smallest absolute Gasteiger partial charge is 0.177 e. The maximum atomic E-state index is 12.1. The van der Waals surface area contributed by atoms with Gasteiger partial charge in [-0.1, -0.05) is 127 Å². The van der Waals surface area contributed by atoms with E-state index in [0.29, 0.717) is 0 Å². The largest absolute Gasteiger partial charge is 0.369 e. The number of hydrogen-bond acceptors (Lipinski definition) is 2. The lowest BCUT2D eigenvalue weighted by Crippen LogP contribution is -2.31. The van der Waals surface area contributed by atoms with Gasteiger partial charge in [-0.2, -0.15) is 0 Å². The number of hydrogen-bond donors (Lipinski definition) is 2. The van der Waals surface area contributed by atoms with E-state index in [1.165, 1.54) is 0 Å². The standard InChI is InChI=1S/C40H30O2/c1-27-23-28(2)30(20-22-40(42)37-17-9-5-13-33(37)26-34-14-6-10-18-38(34)40)24-29(27)19-21-39(41)35-15-7-3-11-31(35)25-32-12-4-8-16-36(32)39/h3-18,23-24,41-42H,25-26H2,1-2H3. The van der Waals surface area contributed by atoms with Gasteiger partial charge in [0.25, 0.3) is 0 Å². The molecule has 0 spiro atoms. The molecule has 0 atom stereocenters. The Labute approximate surface area is 247 Å². The van der Waals surface area contributed by atoms with Gasteiger partial charge in [-0.3, -0.25) is 0 Å². The van der Waals surface area contributed by atoms with Crippen LogP contribution in [0.3, 0.4) is 0 Å². The Kier molecular flexibility index (Phi) is 6.14. The van der Waals surface area contributed by atoms with Crippen LogP contribution in [0, 0.1) is 37.5 Å². The molecule has 7 rings (SSSR count). The minimum atomic E-state index is -1.42. The van der Waals surface area contributed by atoms with Crippen LogP contribution in [-0.4, -0.2) is 10.2 Å². The van der Waals surface area contributed by atoms with Crippen LogP contribution in [0.15, 0.2) is 109 Å². The van der Waals surface area contributed by atoms with Crippen LogP contribution >= 0.6 is 0 Å². The van der Waals surface area contributed by atoms with Gasteiger partial charge in [0, 0.05) is 33.4 Å². The number of aliphatic hydroxyl groups is 2. The molecule has 2 N–H and O–H groups in total. The summed E-state index contributed by atoms with van der Waals surface area (Å²) in [7, 11) is 0. The summed E-state index contributed by atoms with van der Waals surface area (Å²) in [6.07, 6.45) is 1.55. The lowest BCUT2D eigenvalue weighted by atomic mass is 9.75. The second kappa shape index (κ2) is 9.90. The molecule has 0 saturated carbocycles. The van der Waals surface area contributed by atoms with Crippen LogP contribution in [-0.2, 0) is 24.0 Å². The summed E-state index contributed by atoms with van der Waals surface area (Å²) in [5.41, 5.74) is 8.46. The van der Waals surface area contributed by atoms with E-state index in [1.807, 2.05) is 92.7 Å². The highest BCUT2D eigenvalue weighted by Gasteiger charge is 2.38. The molecule has 0 unspecified atom stereocenters. The quantitative estimate of drug-likeness (QED) is 0.214. The van der Waals surface area contributed by atoms with E-state index in [1.54, 1.807) is 0 Å². The molecule has 0 saturated heterocycles. The lowest BCUT2D eigenvalue weighted by molar-refractivity contribution is 0.140. The van der Waals surface area contributed by atoms with Gasteiger partial charge in [0.15, 0.2) is 11.2 Å². The van der Waals surface area contributed by atoms with Gasteiger partial charge in [0.2, 0.25) is 0 Å². The molecule has 2 aliphatic rings. The zero-order valence-electron chi connectivity index (χ0n) is 23.7.